The number of carbonyl (C=O) groups is 2. The average Bonchev–Trinajstić information content (AvgIpc) is 3.18. The van der Waals surface area contributed by atoms with Gasteiger partial charge in [-0.3, -0.25) is 14.5 Å². The molecule has 2 heterocycles. The molecule has 4 rings (SSSR count). The number of hydrogen-bond acceptors (Lipinski definition) is 4. The van der Waals surface area contributed by atoms with Crippen LogP contribution in [0, 0.1) is 6.92 Å². The summed E-state index contributed by atoms with van der Waals surface area (Å²) in [6.45, 7) is 4.64. The lowest BCUT2D eigenvalue weighted by Gasteiger charge is -2.09. The maximum Gasteiger partial charge on any atom is 0.266 e. The van der Waals surface area contributed by atoms with Crippen molar-refractivity contribution >= 4 is 62.8 Å². The molecule has 1 aromatic heterocycles. The molecule has 0 radical (unpaired) electrons. The number of amides is 2. The van der Waals surface area contributed by atoms with Crippen molar-refractivity contribution in [2.75, 3.05) is 11.9 Å². The molecule has 1 N–H and O–H groups in total. The molecule has 5 nitrogen and oxygen atoms in total. The van der Waals surface area contributed by atoms with Crippen molar-refractivity contribution < 1.29 is 9.59 Å². The zero-order valence-corrected chi connectivity index (χ0v) is 18.3. The van der Waals surface area contributed by atoms with Crippen LogP contribution in [0.25, 0.3) is 17.0 Å². The van der Waals surface area contributed by atoms with Gasteiger partial charge in [0.05, 0.1) is 4.91 Å². The fraction of sp³-hybridized carbons (Fsp3) is 0.174. The number of nitrogens with zero attached hydrogens (tertiary/aromatic N) is 2. The molecule has 2 amide bonds. The first-order valence-electron chi connectivity index (χ1n) is 9.66. The Labute approximate surface area is 184 Å². The van der Waals surface area contributed by atoms with Gasteiger partial charge in [-0.15, -0.1) is 0 Å². The number of nitrogens with one attached hydrogen (secondary N) is 1. The summed E-state index contributed by atoms with van der Waals surface area (Å²) in [5.74, 6) is -0.174. The lowest BCUT2D eigenvalue weighted by atomic mass is 10.1. The lowest BCUT2D eigenvalue weighted by Crippen LogP contribution is -2.27. The van der Waals surface area contributed by atoms with Crippen LogP contribution in [0.1, 0.15) is 18.1 Å². The molecule has 0 unspecified atom stereocenters. The number of benzene rings is 2. The third-order valence-electron chi connectivity index (χ3n) is 4.91. The van der Waals surface area contributed by atoms with Crippen molar-refractivity contribution in [1.82, 2.24) is 9.47 Å². The van der Waals surface area contributed by atoms with Gasteiger partial charge in [0.1, 0.15) is 10.9 Å². The maximum atomic E-state index is 12.6. The second kappa shape index (κ2) is 8.45. The molecule has 1 aliphatic heterocycles. The Morgan fingerprint density at radius 2 is 2.00 bits per heavy atom. The molecule has 0 aliphatic carbocycles. The molecule has 1 aliphatic rings. The van der Waals surface area contributed by atoms with E-state index < -0.39 is 0 Å². The molecular formula is C23H21N3O2S2. The lowest BCUT2D eigenvalue weighted by molar-refractivity contribution is -0.122. The van der Waals surface area contributed by atoms with Crippen LogP contribution in [0.5, 0.6) is 0 Å². The number of fused-ring (bicyclic) bond motifs is 1. The van der Waals surface area contributed by atoms with Crippen LogP contribution in [-0.2, 0) is 16.1 Å². The summed E-state index contributed by atoms with van der Waals surface area (Å²) in [5, 5.41) is 3.94. The monoisotopic (exact) mass is 435 g/mol. The van der Waals surface area contributed by atoms with Crippen molar-refractivity contribution in [2.45, 2.75) is 20.4 Å². The second-order valence-electron chi connectivity index (χ2n) is 7.07. The van der Waals surface area contributed by atoms with Crippen LogP contribution in [-0.4, -0.2) is 32.1 Å². The van der Waals surface area contributed by atoms with E-state index >= 15 is 0 Å². The van der Waals surface area contributed by atoms with Gasteiger partial charge in [-0.25, -0.2) is 0 Å². The molecule has 0 bridgehead atoms. The van der Waals surface area contributed by atoms with E-state index in [1.807, 2.05) is 79.2 Å². The van der Waals surface area contributed by atoms with Crippen LogP contribution in [0.3, 0.4) is 0 Å². The summed E-state index contributed by atoms with van der Waals surface area (Å²) in [5.41, 5.74) is 3.70. The minimum Gasteiger partial charge on any atom is -0.337 e. The first-order chi connectivity index (χ1) is 14.5. The van der Waals surface area contributed by atoms with E-state index in [-0.39, 0.29) is 18.4 Å². The number of rotatable bonds is 5. The Morgan fingerprint density at radius 1 is 1.20 bits per heavy atom. The van der Waals surface area contributed by atoms with Crippen LogP contribution in [0.4, 0.5) is 5.69 Å². The molecular weight excluding hydrogens is 414 g/mol. The highest BCUT2D eigenvalue weighted by molar-refractivity contribution is 8.26. The summed E-state index contributed by atoms with van der Waals surface area (Å²) in [6, 6.07) is 15.6. The molecule has 7 heteroatoms. The summed E-state index contributed by atoms with van der Waals surface area (Å²) in [7, 11) is 0. The summed E-state index contributed by atoms with van der Waals surface area (Å²) in [6.07, 6.45) is 3.78. The average molecular weight is 436 g/mol. The zero-order valence-electron chi connectivity index (χ0n) is 16.7. The molecule has 0 atom stereocenters. The normalized spacial score (nSPS) is 15.4. The third-order valence-corrected chi connectivity index (χ3v) is 6.29. The number of thioether (sulfide) groups is 1. The maximum absolute atomic E-state index is 12.6. The molecule has 3 aromatic rings. The Balaban J connectivity index is 1.63. The predicted molar refractivity (Wildman–Crippen MR) is 127 cm³/mol. The molecule has 0 saturated carbocycles. The van der Waals surface area contributed by atoms with Gasteiger partial charge in [0.25, 0.3) is 5.91 Å². The summed E-state index contributed by atoms with van der Waals surface area (Å²) < 4.78 is 2.49. The summed E-state index contributed by atoms with van der Waals surface area (Å²) in [4.78, 5) is 27.4. The predicted octanol–water partition coefficient (Wildman–Crippen LogP) is 4.81. The van der Waals surface area contributed by atoms with Crippen molar-refractivity contribution in [3.05, 3.63) is 70.8 Å². The number of anilines is 1. The van der Waals surface area contributed by atoms with Crippen LogP contribution in [0.15, 0.2) is 59.6 Å². The SMILES string of the molecule is CCN1C(=O)/C(=C/c2cn(CC(=O)Nc3cccc(C)c3)c3ccccc23)SC1=S. The van der Waals surface area contributed by atoms with E-state index in [0.717, 1.165) is 27.7 Å². The van der Waals surface area contributed by atoms with E-state index in [1.54, 1.807) is 4.90 Å². The van der Waals surface area contributed by atoms with Gasteiger partial charge in [-0.05, 0) is 43.7 Å². The van der Waals surface area contributed by atoms with E-state index in [1.165, 1.54) is 11.8 Å². The van der Waals surface area contributed by atoms with Crippen molar-refractivity contribution in [3.63, 3.8) is 0 Å². The van der Waals surface area contributed by atoms with Gasteiger partial charge in [-0.2, -0.15) is 0 Å². The highest BCUT2D eigenvalue weighted by atomic mass is 32.2. The molecule has 30 heavy (non-hydrogen) atoms. The van der Waals surface area contributed by atoms with Crippen LogP contribution < -0.4 is 5.32 Å². The Bertz CT molecular complexity index is 1200. The number of para-hydroxylation sites is 1. The first-order valence-corrected chi connectivity index (χ1v) is 10.9. The minimum atomic E-state index is -0.106. The second-order valence-corrected chi connectivity index (χ2v) is 8.75. The van der Waals surface area contributed by atoms with E-state index in [2.05, 4.69) is 5.32 Å². The third kappa shape index (κ3) is 4.04. The van der Waals surface area contributed by atoms with Gasteiger partial charge in [-0.1, -0.05) is 54.3 Å². The fourth-order valence-electron chi connectivity index (χ4n) is 3.51. The first kappa shape index (κ1) is 20.4. The number of hydrogen-bond donors (Lipinski definition) is 1. The van der Waals surface area contributed by atoms with Crippen molar-refractivity contribution in [2.24, 2.45) is 0 Å². The van der Waals surface area contributed by atoms with Crippen molar-refractivity contribution in [3.8, 4) is 0 Å². The van der Waals surface area contributed by atoms with Gasteiger partial charge in [0.15, 0.2) is 0 Å². The van der Waals surface area contributed by atoms with E-state index in [0.29, 0.717) is 15.8 Å². The molecule has 152 valence electrons. The smallest absolute Gasteiger partial charge is 0.266 e. The van der Waals surface area contributed by atoms with E-state index in [4.69, 9.17) is 12.2 Å². The Hall–Kier alpha value is -2.90. The molecule has 1 saturated heterocycles. The zero-order chi connectivity index (χ0) is 21.3. The van der Waals surface area contributed by atoms with Crippen LogP contribution >= 0.6 is 24.0 Å². The Morgan fingerprint density at radius 3 is 2.73 bits per heavy atom. The van der Waals surface area contributed by atoms with E-state index in [9.17, 15) is 9.59 Å². The standard InChI is InChI=1S/C23H21N3O2S2/c1-3-26-22(28)20(30-23(26)29)12-16-13-25(19-10-5-4-9-18(16)19)14-21(27)24-17-8-6-7-15(2)11-17/h4-13H,3,14H2,1-2H3,(H,24,27)/b20-12-. The van der Waals surface area contributed by atoms with Gasteiger partial charge in [0, 0.05) is 34.9 Å². The van der Waals surface area contributed by atoms with Gasteiger partial charge in [0.2, 0.25) is 5.91 Å². The summed E-state index contributed by atoms with van der Waals surface area (Å²) >= 11 is 6.62. The fourth-order valence-corrected chi connectivity index (χ4v) is 4.89. The number of likely N-dealkylation sites (N-methyl/N-ethyl adjacent to an activating group) is 1. The minimum absolute atomic E-state index is 0.0680. The van der Waals surface area contributed by atoms with Crippen molar-refractivity contribution in [1.29, 1.82) is 0 Å². The number of aromatic nitrogens is 1. The largest absolute Gasteiger partial charge is 0.337 e. The molecule has 0 spiro atoms. The molecule has 1 fully saturated rings. The topological polar surface area (TPSA) is 54.3 Å². The van der Waals surface area contributed by atoms with Crippen LogP contribution in [0.2, 0.25) is 0 Å². The highest BCUT2D eigenvalue weighted by Gasteiger charge is 2.30. The quantitative estimate of drug-likeness (QED) is 0.462. The molecule has 2 aromatic carbocycles. The highest BCUT2D eigenvalue weighted by Crippen LogP contribution is 2.34. The number of carbonyl (C=O) groups excluding carboxylic acids is 2. The number of aryl methyl sites for hydroxylation is 1. The van der Waals surface area contributed by atoms with Gasteiger partial charge < -0.3 is 9.88 Å². The Kier molecular flexibility index (Phi) is 5.74. The number of thiocarbonyl (C=S) groups is 1. The van der Waals surface area contributed by atoms with Gasteiger partial charge >= 0.3 is 0 Å².